The van der Waals surface area contributed by atoms with E-state index >= 15 is 0 Å². The van der Waals surface area contributed by atoms with E-state index in [-0.39, 0.29) is 10.6 Å². The fraction of sp³-hybridized carbons (Fsp3) is 0.400. The van der Waals surface area contributed by atoms with Crippen molar-refractivity contribution in [1.82, 2.24) is 14.1 Å². The fourth-order valence-corrected chi connectivity index (χ4v) is 4.02. The minimum atomic E-state index is -3.76. The van der Waals surface area contributed by atoms with Crippen LogP contribution in [0.1, 0.15) is 36.6 Å². The summed E-state index contributed by atoms with van der Waals surface area (Å²) in [5.74, 6) is -0.735. The van der Waals surface area contributed by atoms with Gasteiger partial charge in [0.05, 0.1) is 5.69 Å². The smallest absolute Gasteiger partial charge is 0.336 e. The van der Waals surface area contributed by atoms with E-state index in [1.54, 1.807) is 24.6 Å². The minimum absolute atomic E-state index is 0.0274. The number of ether oxygens (including phenoxy) is 1. The number of carbonyl (C=O) groups is 1. The summed E-state index contributed by atoms with van der Waals surface area (Å²) in [4.78, 5) is 12.3. The SMILES string of the molecule is CCCCn1nc(C)c(C=CC(=O)Oc2ccc(C)cc2S(=O)(=O)N(C)C)c1Cl. The van der Waals surface area contributed by atoms with Crippen molar-refractivity contribution in [3.63, 3.8) is 0 Å². The zero-order valence-corrected chi connectivity index (χ0v) is 18.8. The summed E-state index contributed by atoms with van der Waals surface area (Å²) in [7, 11) is -0.923. The van der Waals surface area contributed by atoms with Crippen molar-refractivity contribution >= 4 is 33.7 Å². The molecule has 7 nitrogen and oxygen atoms in total. The summed E-state index contributed by atoms with van der Waals surface area (Å²) in [6.45, 7) is 6.35. The lowest BCUT2D eigenvalue weighted by molar-refractivity contribution is -0.129. The van der Waals surface area contributed by atoms with Crippen LogP contribution in [-0.4, -0.2) is 42.6 Å². The van der Waals surface area contributed by atoms with Gasteiger partial charge in [0.15, 0.2) is 5.75 Å². The first kappa shape index (κ1) is 23.1. The molecular formula is C20H26ClN3O4S. The zero-order chi connectivity index (χ0) is 21.8. The van der Waals surface area contributed by atoms with E-state index in [4.69, 9.17) is 16.3 Å². The number of carbonyl (C=O) groups excluding carboxylic acids is 1. The first-order valence-corrected chi connectivity index (χ1v) is 11.1. The van der Waals surface area contributed by atoms with Crippen LogP contribution in [0.4, 0.5) is 0 Å². The molecule has 0 saturated carbocycles. The Kier molecular flexibility index (Phi) is 7.62. The van der Waals surface area contributed by atoms with E-state index < -0.39 is 16.0 Å². The predicted octanol–water partition coefficient (Wildman–Crippen LogP) is 3.82. The van der Waals surface area contributed by atoms with Gasteiger partial charge in [-0.3, -0.25) is 4.68 Å². The van der Waals surface area contributed by atoms with Crippen LogP contribution in [0.5, 0.6) is 5.75 Å². The normalized spacial score (nSPS) is 12.1. The van der Waals surface area contributed by atoms with Crippen molar-refractivity contribution in [3.05, 3.63) is 46.2 Å². The van der Waals surface area contributed by atoms with Crippen LogP contribution < -0.4 is 4.74 Å². The fourth-order valence-electron chi connectivity index (χ4n) is 2.60. The lowest BCUT2D eigenvalue weighted by atomic mass is 10.2. The Labute approximate surface area is 177 Å². The molecule has 0 saturated heterocycles. The molecule has 0 aliphatic rings. The Morgan fingerprint density at radius 1 is 1.31 bits per heavy atom. The quantitative estimate of drug-likeness (QED) is 0.354. The number of benzene rings is 1. The summed E-state index contributed by atoms with van der Waals surface area (Å²) in [6, 6.07) is 4.62. The van der Waals surface area contributed by atoms with Gasteiger partial charge >= 0.3 is 5.97 Å². The molecule has 0 spiro atoms. The lowest BCUT2D eigenvalue weighted by Gasteiger charge is -2.15. The maximum atomic E-state index is 12.5. The van der Waals surface area contributed by atoms with Gasteiger partial charge in [0, 0.05) is 32.3 Å². The molecule has 0 amide bonds. The Morgan fingerprint density at radius 3 is 2.62 bits per heavy atom. The highest BCUT2D eigenvalue weighted by Gasteiger charge is 2.23. The van der Waals surface area contributed by atoms with E-state index in [0.29, 0.717) is 23.0 Å². The Balaban J connectivity index is 2.26. The second kappa shape index (κ2) is 9.56. The number of hydrogen-bond acceptors (Lipinski definition) is 5. The standard InChI is InChI=1S/C20H26ClN3O4S/c1-6-7-12-24-20(21)16(15(3)22-24)9-11-19(25)28-17-10-8-14(2)13-18(17)29(26,27)23(4)5/h8-11,13H,6-7,12H2,1-5H3. The van der Waals surface area contributed by atoms with E-state index in [0.717, 1.165) is 22.7 Å². The summed E-state index contributed by atoms with van der Waals surface area (Å²) < 4.78 is 33.1. The van der Waals surface area contributed by atoms with Crippen molar-refractivity contribution in [2.24, 2.45) is 0 Å². The van der Waals surface area contributed by atoms with Crippen LogP contribution in [0.3, 0.4) is 0 Å². The lowest BCUT2D eigenvalue weighted by Crippen LogP contribution is -2.23. The Bertz CT molecular complexity index is 1030. The number of nitrogens with zero attached hydrogens (tertiary/aromatic N) is 3. The van der Waals surface area contributed by atoms with Crippen LogP contribution in [-0.2, 0) is 21.4 Å². The van der Waals surface area contributed by atoms with Crippen LogP contribution in [0.2, 0.25) is 5.15 Å². The van der Waals surface area contributed by atoms with E-state index in [9.17, 15) is 13.2 Å². The molecule has 2 aromatic rings. The minimum Gasteiger partial charge on any atom is -0.422 e. The average molecular weight is 440 g/mol. The molecule has 0 N–H and O–H groups in total. The first-order valence-electron chi connectivity index (χ1n) is 9.24. The van der Waals surface area contributed by atoms with Gasteiger partial charge in [-0.1, -0.05) is 31.0 Å². The summed E-state index contributed by atoms with van der Waals surface area (Å²) in [5, 5.41) is 4.83. The molecule has 1 aromatic heterocycles. The van der Waals surface area contributed by atoms with E-state index in [2.05, 4.69) is 12.0 Å². The Hall–Kier alpha value is -2.16. The highest BCUT2D eigenvalue weighted by Crippen LogP contribution is 2.27. The molecule has 9 heteroatoms. The van der Waals surface area contributed by atoms with Gasteiger partial charge in [0.1, 0.15) is 10.0 Å². The molecule has 0 radical (unpaired) electrons. The van der Waals surface area contributed by atoms with E-state index in [1.807, 2.05) is 0 Å². The molecule has 1 heterocycles. The molecule has 2 rings (SSSR count). The van der Waals surface area contributed by atoms with Gasteiger partial charge in [-0.2, -0.15) is 5.10 Å². The zero-order valence-electron chi connectivity index (χ0n) is 17.3. The van der Waals surface area contributed by atoms with Gasteiger partial charge < -0.3 is 4.74 Å². The topological polar surface area (TPSA) is 81.5 Å². The van der Waals surface area contributed by atoms with Crippen LogP contribution in [0.15, 0.2) is 29.2 Å². The summed E-state index contributed by atoms with van der Waals surface area (Å²) in [6.07, 6.45) is 4.71. The molecule has 158 valence electrons. The van der Waals surface area contributed by atoms with Gasteiger partial charge in [0.25, 0.3) is 0 Å². The maximum absolute atomic E-state index is 12.5. The van der Waals surface area contributed by atoms with Gasteiger partial charge in [-0.15, -0.1) is 0 Å². The number of aromatic nitrogens is 2. The van der Waals surface area contributed by atoms with Gasteiger partial charge in [-0.25, -0.2) is 17.5 Å². The van der Waals surface area contributed by atoms with E-state index in [1.165, 1.54) is 38.4 Å². The number of aryl methyl sites for hydroxylation is 3. The van der Waals surface area contributed by atoms with Crippen molar-refractivity contribution in [2.75, 3.05) is 14.1 Å². The molecule has 0 bridgehead atoms. The molecular weight excluding hydrogens is 414 g/mol. The highest BCUT2D eigenvalue weighted by molar-refractivity contribution is 7.89. The van der Waals surface area contributed by atoms with Crippen molar-refractivity contribution in [1.29, 1.82) is 0 Å². The third-order valence-electron chi connectivity index (χ3n) is 4.29. The molecule has 0 aliphatic heterocycles. The number of rotatable bonds is 8. The van der Waals surface area contributed by atoms with Crippen LogP contribution >= 0.6 is 11.6 Å². The summed E-state index contributed by atoms with van der Waals surface area (Å²) in [5.41, 5.74) is 2.06. The molecule has 0 unspecified atom stereocenters. The number of halogens is 1. The molecule has 0 fully saturated rings. The number of hydrogen-bond donors (Lipinski definition) is 0. The molecule has 1 aromatic carbocycles. The number of esters is 1. The molecule has 0 aliphatic carbocycles. The highest BCUT2D eigenvalue weighted by atomic mass is 35.5. The monoisotopic (exact) mass is 439 g/mol. The van der Waals surface area contributed by atoms with Crippen molar-refractivity contribution in [3.8, 4) is 5.75 Å². The predicted molar refractivity (Wildman–Crippen MR) is 114 cm³/mol. The van der Waals surface area contributed by atoms with Crippen molar-refractivity contribution < 1.29 is 17.9 Å². The molecule has 29 heavy (non-hydrogen) atoms. The maximum Gasteiger partial charge on any atom is 0.336 e. The van der Waals surface area contributed by atoms with Crippen LogP contribution in [0.25, 0.3) is 6.08 Å². The molecule has 0 atom stereocenters. The number of sulfonamides is 1. The van der Waals surface area contributed by atoms with Gasteiger partial charge in [-0.05, 0) is 44.0 Å². The Morgan fingerprint density at radius 2 is 2.00 bits per heavy atom. The number of unbranched alkanes of at least 4 members (excludes halogenated alkanes) is 1. The second-order valence-corrected chi connectivity index (χ2v) is 9.34. The second-order valence-electron chi connectivity index (χ2n) is 6.86. The van der Waals surface area contributed by atoms with Crippen LogP contribution in [0, 0.1) is 13.8 Å². The largest absolute Gasteiger partial charge is 0.422 e. The van der Waals surface area contributed by atoms with Crippen molar-refractivity contribution in [2.45, 2.75) is 45.1 Å². The third-order valence-corrected chi connectivity index (χ3v) is 6.52. The average Bonchev–Trinajstić information content (AvgIpc) is 2.92. The first-order chi connectivity index (χ1) is 13.6. The third kappa shape index (κ3) is 5.46. The van der Waals surface area contributed by atoms with Gasteiger partial charge in [0.2, 0.25) is 10.0 Å². The summed E-state index contributed by atoms with van der Waals surface area (Å²) >= 11 is 6.36.